The minimum absolute atomic E-state index is 0.435. The van der Waals surface area contributed by atoms with Crippen LogP contribution in [0.1, 0.15) is 41.5 Å². The highest BCUT2D eigenvalue weighted by atomic mass is 19.4. The Bertz CT molecular complexity index is 1260. The Hall–Kier alpha value is -3.05. The molecule has 36 heavy (non-hydrogen) atoms. The van der Waals surface area contributed by atoms with E-state index in [-0.39, 0.29) is 0 Å². The van der Waals surface area contributed by atoms with Crippen LogP contribution in [0, 0.1) is 0 Å². The van der Waals surface area contributed by atoms with E-state index < -0.39 is 49.2 Å². The fourth-order valence-electron chi connectivity index (χ4n) is 3.77. The van der Waals surface area contributed by atoms with E-state index in [0.29, 0.717) is 16.7 Å². The van der Waals surface area contributed by atoms with Crippen molar-refractivity contribution in [1.82, 2.24) is 14.5 Å². The molecule has 0 unspecified atom stereocenters. The average molecular weight is 505 g/mol. The maximum absolute atomic E-state index is 13.2. The number of rotatable bonds is 5. The summed E-state index contributed by atoms with van der Waals surface area (Å²) < 4.78 is 52.0. The maximum Gasteiger partial charge on any atom is 0.494 e. The summed E-state index contributed by atoms with van der Waals surface area (Å²) in [6.07, 6.45) is -4.53. The summed E-state index contributed by atoms with van der Waals surface area (Å²) in [5.41, 5.74) is 0.762. The number of benzene rings is 2. The second kappa shape index (κ2) is 10.1. The molecule has 1 fully saturated rings. The van der Waals surface area contributed by atoms with Crippen molar-refractivity contribution in [2.45, 2.75) is 65.5 Å². The third-order valence-electron chi connectivity index (χ3n) is 6.30. The van der Waals surface area contributed by atoms with E-state index in [1.165, 1.54) is 4.57 Å². The van der Waals surface area contributed by atoms with Crippen molar-refractivity contribution >= 4 is 29.5 Å². The number of alkyl halides is 3. The monoisotopic (exact) mass is 505 g/mol. The molecule has 4 rings (SSSR count). The molecule has 3 aromatic rings. The van der Waals surface area contributed by atoms with Gasteiger partial charge in [0.25, 0.3) is 0 Å². The first-order chi connectivity index (χ1) is 16.8. The number of imidazole rings is 1. The van der Waals surface area contributed by atoms with Gasteiger partial charge in [-0.1, -0.05) is 38.1 Å². The fraction of sp³-hybridized carbons (Fsp3) is 0.440. The fourth-order valence-corrected chi connectivity index (χ4v) is 3.77. The lowest BCUT2D eigenvalue weighted by Crippen LogP contribution is -2.41. The van der Waals surface area contributed by atoms with Crippen LogP contribution in [-0.4, -0.2) is 46.1 Å². The van der Waals surface area contributed by atoms with Crippen LogP contribution >= 0.6 is 0 Å². The number of halogens is 3. The molecule has 7 nitrogen and oxygen atoms in total. The second-order valence-electron chi connectivity index (χ2n) is 9.26. The molecule has 194 valence electrons. The third-order valence-corrected chi connectivity index (χ3v) is 6.30. The van der Waals surface area contributed by atoms with Gasteiger partial charge in [-0.05, 0) is 57.4 Å². The van der Waals surface area contributed by atoms with Crippen molar-refractivity contribution in [2.24, 2.45) is 0 Å². The van der Waals surface area contributed by atoms with Gasteiger partial charge in [-0.25, -0.2) is 4.79 Å². The Balaban J connectivity index is 0.00000176. The van der Waals surface area contributed by atoms with Crippen molar-refractivity contribution in [3.63, 3.8) is 0 Å². The van der Waals surface area contributed by atoms with E-state index in [9.17, 15) is 22.8 Å². The van der Waals surface area contributed by atoms with Crippen molar-refractivity contribution in [3.05, 3.63) is 59.0 Å². The quantitative estimate of drug-likeness (QED) is 0.536. The Morgan fingerprint density at radius 2 is 1.47 bits per heavy atom. The molecule has 0 saturated carbocycles. The number of carbonyl (C=O) groups is 1. The van der Waals surface area contributed by atoms with Crippen LogP contribution in [0.3, 0.4) is 0 Å². The van der Waals surface area contributed by atoms with Gasteiger partial charge in [-0.2, -0.15) is 13.2 Å². The van der Waals surface area contributed by atoms with E-state index in [4.69, 9.17) is 9.31 Å². The topological polar surface area (TPSA) is 74.5 Å². The summed E-state index contributed by atoms with van der Waals surface area (Å²) in [6.45, 7) is 9.84. The van der Waals surface area contributed by atoms with Crippen molar-refractivity contribution in [3.8, 4) is 5.69 Å². The summed E-state index contributed by atoms with van der Waals surface area (Å²) in [5.74, 6) is -0.904. The zero-order chi connectivity index (χ0) is 26.9. The van der Waals surface area contributed by atoms with Crippen LogP contribution in [0.2, 0.25) is 0 Å². The van der Waals surface area contributed by atoms with Crippen LogP contribution < -0.4 is 16.5 Å². The lowest BCUT2D eigenvalue weighted by Gasteiger charge is -2.32. The van der Waals surface area contributed by atoms with Gasteiger partial charge in [0.1, 0.15) is 13.1 Å². The first-order valence-corrected chi connectivity index (χ1v) is 11.8. The van der Waals surface area contributed by atoms with Crippen LogP contribution in [0.25, 0.3) is 16.7 Å². The second-order valence-corrected chi connectivity index (χ2v) is 9.26. The van der Waals surface area contributed by atoms with E-state index in [0.717, 1.165) is 10.0 Å². The van der Waals surface area contributed by atoms with Crippen LogP contribution in [0.15, 0.2) is 53.3 Å². The molecule has 1 aromatic heterocycles. The molecule has 1 amide bonds. The lowest BCUT2D eigenvalue weighted by atomic mass is 9.79. The molecule has 0 atom stereocenters. The highest BCUT2D eigenvalue weighted by Gasteiger charge is 2.51. The van der Waals surface area contributed by atoms with Crippen molar-refractivity contribution < 1.29 is 27.3 Å². The largest absolute Gasteiger partial charge is 0.494 e. The summed E-state index contributed by atoms with van der Waals surface area (Å²) in [7, 11) is -0.561. The molecule has 0 spiro atoms. The minimum Gasteiger partial charge on any atom is -0.399 e. The lowest BCUT2D eigenvalue weighted by molar-refractivity contribution is -0.138. The summed E-state index contributed by atoms with van der Waals surface area (Å²) >= 11 is 0. The highest BCUT2D eigenvalue weighted by molar-refractivity contribution is 6.62. The molecule has 11 heteroatoms. The minimum atomic E-state index is -4.53. The predicted molar refractivity (Wildman–Crippen MR) is 134 cm³/mol. The van der Waals surface area contributed by atoms with Gasteiger partial charge >= 0.3 is 19.0 Å². The van der Waals surface area contributed by atoms with Gasteiger partial charge in [-0.15, -0.1) is 0 Å². The molecule has 0 aliphatic carbocycles. The van der Waals surface area contributed by atoms with E-state index in [1.54, 1.807) is 53.8 Å². The number of carbonyl (C=O) groups excluding carboxylic acids is 1. The van der Waals surface area contributed by atoms with E-state index in [1.807, 2.05) is 41.5 Å². The van der Waals surface area contributed by atoms with Gasteiger partial charge in [0, 0.05) is 0 Å². The van der Waals surface area contributed by atoms with Gasteiger partial charge in [0.15, 0.2) is 0 Å². The maximum atomic E-state index is 13.2. The zero-order valence-electron chi connectivity index (χ0n) is 21.3. The molecule has 0 bridgehead atoms. The van der Waals surface area contributed by atoms with Gasteiger partial charge in [0.05, 0.1) is 27.9 Å². The molecule has 1 N–H and O–H groups in total. The summed E-state index contributed by atoms with van der Waals surface area (Å²) in [6, 6.07) is 13.9. The highest BCUT2D eigenvalue weighted by Crippen LogP contribution is 2.36. The third kappa shape index (κ3) is 5.52. The average Bonchev–Trinajstić information content (AvgIpc) is 3.21. The standard InChI is InChI=1S/C23H25BF3N3O4.C2H6/c1-21(2)22(3,4)34-24(33-21)15-9-11-16(12-10-15)30-18-8-6-5-7-17(18)29(20(30)32)13-19(31)28-14-23(25,26)27;1-2/h5-12H,13-14H2,1-4H3,(H,28,31);1-2H3. The Morgan fingerprint density at radius 1 is 0.944 bits per heavy atom. The molecule has 1 aliphatic heterocycles. The van der Waals surface area contributed by atoms with Crippen LogP contribution in [0.5, 0.6) is 0 Å². The number of fused-ring (bicyclic) bond motifs is 1. The Kier molecular flexibility index (Phi) is 7.76. The molecule has 1 aliphatic rings. The first kappa shape index (κ1) is 27.5. The molecule has 1 saturated heterocycles. The molecular formula is C25H31BF3N3O4. The van der Waals surface area contributed by atoms with E-state index >= 15 is 0 Å². The van der Waals surface area contributed by atoms with Gasteiger partial charge < -0.3 is 14.6 Å². The van der Waals surface area contributed by atoms with Gasteiger partial charge in [0.2, 0.25) is 5.91 Å². The zero-order valence-corrected chi connectivity index (χ0v) is 21.3. The number of nitrogens with one attached hydrogen (secondary N) is 1. The molecule has 0 radical (unpaired) electrons. The summed E-state index contributed by atoms with van der Waals surface area (Å²) in [4.78, 5) is 25.3. The van der Waals surface area contributed by atoms with Crippen LogP contribution in [0.4, 0.5) is 13.2 Å². The summed E-state index contributed by atoms with van der Waals surface area (Å²) in [5, 5.41) is 1.80. The van der Waals surface area contributed by atoms with E-state index in [2.05, 4.69) is 0 Å². The van der Waals surface area contributed by atoms with Gasteiger partial charge in [-0.3, -0.25) is 13.9 Å². The molecule has 2 aromatic carbocycles. The number of hydrogen-bond donors (Lipinski definition) is 1. The number of nitrogens with zero attached hydrogens (tertiary/aromatic N) is 2. The number of para-hydroxylation sites is 2. The normalized spacial score (nSPS) is 16.5. The number of amides is 1. The predicted octanol–water partition coefficient (Wildman–Crippen LogP) is 3.80. The Labute approximate surface area is 208 Å². The van der Waals surface area contributed by atoms with Crippen molar-refractivity contribution in [1.29, 1.82) is 0 Å². The first-order valence-electron chi connectivity index (χ1n) is 11.8. The van der Waals surface area contributed by atoms with Crippen LogP contribution in [-0.2, 0) is 20.6 Å². The molecule has 2 heterocycles. The molecular weight excluding hydrogens is 474 g/mol. The Morgan fingerprint density at radius 3 is 2.00 bits per heavy atom. The number of hydrogen-bond acceptors (Lipinski definition) is 4. The SMILES string of the molecule is CC.CC1(C)OB(c2ccc(-n3c(=O)n(CC(=O)NCC(F)(F)F)c4ccccc43)cc2)OC1(C)C. The smallest absolute Gasteiger partial charge is 0.399 e. The van der Waals surface area contributed by atoms with Crippen molar-refractivity contribution in [2.75, 3.05) is 6.54 Å². The number of aromatic nitrogens is 2.